The molecule has 1 aliphatic heterocycles. The molecule has 6 heteroatoms. The van der Waals surface area contributed by atoms with Gasteiger partial charge < -0.3 is 19.7 Å². The average molecular weight is 293 g/mol. The van der Waals surface area contributed by atoms with Crippen LogP contribution in [0.5, 0.6) is 0 Å². The number of imidazole rings is 1. The van der Waals surface area contributed by atoms with E-state index in [4.69, 9.17) is 4.74 Å². The number of nitrogens with zero attached hydrogens (tertiary/aromatic N) is 2. The number of aliphatic hydroxyl groups is 1. The molecule has 1 atom stereocenters. The maximum atomic E-state index is 11.6. The van der Waals surface area contributed by atoms with Crippen LogP contribution in [0.2, 0.25) is 0 Å². The Balaban J connectivity index is 2.03. The Morgan fingerprint density at radius 3 is 2.90 bits per heavy atom. The van der Waals surface area contributed by atoms with Crippen molar-refractivity contribution in [1.82, 2.24) is 14.9 Å². The van der Waals surface area contributed by atoms with E-state index >= 15 is 0 Å². The number of allylic oxidation sites excluding steroid dienone is 1. The Morgan fingerprint density at radius 1 is 1.57 bits per heavy atom. The molecule has 1 amide bonds. The van der Waals surface area contributed by atoms with Crippen molar-refractivity contribution in [2.24, 2.45) is 0 Å². The monoisotopic (exact) mass is 293 g/mol. The molecule has 0 fully saturated rings. The van der Waals surface area contributed by atoms with E-state index in [0.717, 1.165) is 23.5 Å². The lowest BCUT2D eigenvalue weighted by Crippen LogP contribution is -2.32. The second-order valence-electron chi connectivity index (χ2n) is 6.29. The summed E-state index contributed by atoms with van der Waals surface area (Å²) in [5, 5.41) is 12.1. The second-order valence-corrected chi connectivity index (χ2v) is 6.29. The summed E-state index contributed by atoms with van der Waals surface area (Å²) in [6, 6.07) is 0.304. The summed E-state index contributed by atoms with van der Waals surface area (Å²) in [6.45, 7) is 7.84. The van der Waals surface area contributed by atoms with Crippen LogP contribution in [0.1, 0.15) is 51.7 Å². The first-order valence-corrected chi connectivity index (χ1v) is 7.15. The third kappa shape index (κ3) is 3.85. The number of amides is 1. The first-order valence-electron chi connectivity index (χ1n) is 7.15. The van der Waals surface area contributed by atoms with E-state index < -0.39 is 11.7 Å². The summed E-state index contributed by atoms with van der Waals surface area (Å²) in [4.78, 5) is 16.1. The van der Waals surface area contributed by atoms with Gasteiger partial charge in [-0.1, -0.05) is 6.08 Å². The number of aromatic nitrogens is 2. The third-order valence-corrected chi connectivity index (χ3v) is 3.23. The van der Waals surface area contributed by atoms with Crippen LogP contribution in [0.15, 0.2) is 12.3 Å². The van der Waals surface area contributed by atoms with Gasteiger partial charge in [0.25, 0.3) is 0 Å². The topological polar surface area (TPSA) is 76.4 Å². The van der Waals surface area contributed by atoms with Gasteiger partial charge >= 0.3 is 6.09 Å². The summed E-state index contributed by atoms with van der Waals surface area (Å²) in [5.41, 5.74) is 1.07. The van der Waals surface area contributed by atoms with Crippen molar-refractivity contribution in [2.45, 2.75) is 52.3 Å². The minimum Gasteiger partial charge on any atom is -0.444 e. The molecular formula is C15H23N3O3. The highest BCUT2D eigenvalue weighted by Crippen LogP contribution is 2.27. The van der Waals surface area contributed by atoms with Gasteiger partial charge in [-0.3, -0.25) is 0 Å². The number of hydrogen-bond donors (Lipinski definition) is 2. The summed E-state index contributed by atoms with van der Waals surface area (Å²) in [6.07, 6.45) is 4.34. The summed E-state index contributed by atoms with van der Waals surface area (Å²) in [5.74, 6) is 0.775. The average Bonchev–Trinajstić information content (AvgIpc) is 2.80. The van der Waals surface area contributed by atoms with E-state index in [9.17, 15) is 9.90 Å². The number of fused-ring (bicyclic) bond motifs is 1. The third-order valence-electron chi connectivity index (χ3n) is 3.23. The van der Waals surface area contributed by atoms with Crippen LogP contribution in [0.25, 0.3) is 5.57 Å². The van der Waals surface area contributed by atoms with Crippen LogP contribution in [0.3, 0.4) is 0 Å². The van der Waals surface area contributed by atoms with E-state index in [1.807, 2.05) is 37.6 Å². The fourth-order valence-corrected chi connectivity index (χ4v) is 2.23. The van der Waals surface area contributed by atoms with Crippen molar-refractivity contribution in [1.29, 1.82) is 0 Å². The molecule has 1 aromatic heterocycles. The van der Waals surface area contributed by atoms with E-state index in [0.29, 0.717) is 12.6 Å². The lowest BCUT2D eigenvalue weighted by Gasteiger charge is -2.20. The number of aliphatic hydroxyl groups excluding tert-OH is 1. The Morgan fingerprint density at radius 2 is 2.29 bits per heavy atom. The number of carbonyl (C=O) groups is 1. The molecule has 0 saturated heterocycles. The number of rotatable bonds is 3. The lowest BCUT2D eigenvalue weighted by atomic mass is 10.1. The predicted molar refractivity (Wildman–Crippen MR) is 79.7 cm³/mol. The van der Waals surface area contributed by atoms with Gasteiger partial charge in [0.15, 0.2) is 0 Å². The number of nitrogens with one attached hydrogen (secondary N) is 1. The largest absolute Gasteiger partial charge is 0.444 e. The number of ether oxygens (including phenoxy) is 1. The first kappa shape index (κ1) is 15.6. The van der Waals surface area contributed by atoms with Crippen molar-refractivity contribution < 1.29 is 14.6 Å². The van der Waals surface area contributed by atoms with Crippen LogP contribution in [0.4, 0.5) is 4.79 Å². The summed E-state index contributed by atoms with van der Waals surface area (Å²) >= 11 is 0. The van der Waals surface area contributed by atoms with E-state index in [-0.39, 0.29) is 6.61 Å². The van der Waals surface area contributed by atoms with Crippen molar-refractivity contribution in [3.8, 4) is 0 Å². The standard InChI is InChI=1S/C15H23N3O3/c1-10-5-6-11(9-19)13-17-12(8-18(10)13)7-16-14(20)21-15(2,3)4/h6,8,10,19H,5,7,9H2,1-4H3,(H,16,20). The molecule has 1 unspecified atom stereocenters. The molecule has 0 aliphatic carbocycles. The normalized spacial score (nSPS) is 18.0. The van der Waals surface area contributed by atoms with Gasteiger partial charge in [-0.05, 0) is 34.1 Å². The van der Waals surface area contributed by atoms with Crippen molar-refractivity contribution in [3.63, 3.8) is 0 Å². The molecular weight excluding hydrogens is 270 g/mol. The molecule has 0 spiro atoms. The van der Waals surface area contributed by atoms with Gasteiger partial charge in [0.05, 0.1) is 18.8 Å². The molecule has 21 heavy (non-hydrogen) atoms. The number of hydrogen-bond acceptors (Lipinski definition) is 4. The molecule has 2 N–H and O–H groups in total. The van der Waals surface area contributed by atoms with Gasteiger partial charge in [-0.2, -0.15) is 0 Å². The van der Waals surface area contributed by atoms with E-state index in [1.54, 1.807) is 0 Å². The van der Waals surface area contributed by atoms with Crippen LogP contribution in [0, 0.1) is 0 Å². The van der Waals surface area contributed by atoms with Gasteiger partial charge in [-0.15, -0.1) is 0 Å². The Kier molecular flexibility index (Phi) is 4.37. The van der Waals surface area contributed by atoms with Crippen LogP contribution >= 0.6 is 0 Å². The predicted octanol–water partition coefficient (Wildman–Crippen LogP) is 2.25. The molecule has 1 aliphatic rings. The summed E-state index contributed by atoms with van der Waals surface area (Å²) in [7, 11) is 0. The zero-order valence-electron chi connectivity index (χ0n) is 13.0. The molecule has 0 bridgehead atoms. The van der Waals surface area contributed by atoms with Crippen molar-refractivity contribution in [2.75, 3.05) is 6.61 Å². The van der Waals surface area contributed by atoms with Crippen molar-refractivity contribution >= 4 is 11.7 Å². The van der Waals surface area contributed by atoms with Crippen LogP contribution < -0.4 is 5.32 Å². The SMILES string of the molecule is CC1CC=C(CO)c2nc(CNC(=O)OC(C)(C)C)cn21. The molecule has 116 valence electrons. The minimum absolute atomic E-state index is 0.0251. The van der Waals surface area contributed by atoms with Crippen LogP contribution in [-0.4, -0.2) is 33.0 Å². The van der Waals surface area contributed by atoms with Crippen molar-refractivity contribution in [3.05, 3.63) is 23.8 Å². The Hall–Kier alpha value is -1.82. The fraction of sp³-hybridized carbons (Fsp3) is 0.600. The van der Waals surface area contributed by atoms with Gasteiger partial charge in [-0.25, -0.2) is 9.78 Å². The number of carbonyl (C=O) groups excluding carboxylic acids is 1. The lowest BCUT2D eigenvalue weighted by molar-refractivity contribution is 0.0523. The summed E-state index contributed by atoms with van der Waals surface area (Å²) < 4.78 is 7.23. The van der Waals surface area contributed by atoms with Crippen LogP contribution in [-0.2, 0) is 11.3 Å². The second kappa shape index (κ2) is 5.89. The minimum atomic E-state index is -0.515. The molecule has 0 saturated carbocycles. The highest BCUT2D eigenvalue weighted by atomic mass is 16.6. The first-order chi connectivity index (χ1) is 9.80. The molecule has 0 radical (unpaired) electrons. The Labute approximate surface area is 124 Å². The molecule has 1 aromatic rings. The molecule has 2 rings (SSSR count). The van der Waals surface area contributed by atoms with Gasteiger partial charge in [0.2, 0.25) is 0 Å². The molecule has 2 heterocycles. The quantitative estimate of drug-likeness (QED) is 0.896. The van der Waals surface area contributed by atoms with E-state index in [2.05, 4.69) is 17.2 Å². The number of alkyl carbamates (subject to hydrolysis) is 1. The maximum absolute atomic E-state index is 11.6. The fourth-order valence-electron chi connectivity index (χ4n) is 2.23. The highest BCUT2D eigenvalue weighted by molar-refractivity contribution is 5.67. The van der Waals surface area contributed by atoms with Gasteiger partial charge in [0, 0.05) is 17.8 Å². The van der Waals surface area contributed by atoms with Gasteiger partial charge in [0.1, 0.15) is 11.4 Å². The highest BCUT2D eigenvalue weighted by Gasteiger charge is 2.21. The zero-order chi connectivity index (χ0) is 15.6. The molecule has 0 aromatic carbocycles. The maximum Gasteiger partial charge on any atom is 0.407 e. The Bertz CT molecular complexity index is 555. The molecule has 6 nitrogen and oxygen atoms in total. The van der Waals surface area contributed by atoms with E-state index in [1.165, 1.54) is 0 Å². The zero-order valence-corrected chi connectivity index (χ0v) is 13.0. The smallest absolute Gasteiger partial charge is 0.407 e.